The molecule has 0 unspecified atom stereocenters. The molecule has 2 nitrogen and oxygen atoms in total. The molecule has 1 heterocycles. The van der Waals surface area contributed by atoms with Crippen molar-refractivity contribution >= 4 is 0 Å². The maximum Gasteiger partial charge on any atom is 0.117 e. The van der Waals surface area contributed by atoms with E-state index < -0.39 is 0 Å². The van der Waals surface area contributed by atoms with Crippen molar-refractivity contribution < 1.29 is 4.42 Å². The lowest BCUT2D eigenvalue weighted by molar-refractivity contribution is 0.195. The highest BCUT2D eigenvalue weighted by Crippen LogP contribution is 2.35. The second kappa shape index (κ2) is 4.40. The molecule has 1 saturated carbocycles. The summed E-state index contributed by atoms with van der Waals surface area (Å²) >= 11 is 0. The molecule has 1 N–H and O–H groups in total. The third kappa shape index (κ3) is 3.10. The van der Waals surface area contributed by atoms with Crippen LogP contribution in [0.4, 0.5) is 0 Å². The third-order valence-corrected chi connectivity index (χ3v) is 3.35. The molecule has 0 aliphatic heterocycles. The first-order valence-corrected chi connectivity index (χ1v) is 5.91. The molecule has 0 spiro atoms. The molecule has 2 rings (SSSR count). The van der Waals surface area contributed by atoms with Crippen LogP contribution in [0.25, 0.3) is 0 Å². The molecule has 0 aromatic carbocycles. The van der Waals surface area contributed by atoms with Gasteiger partial charge in [-0.15, -0.1) is 0 Å². The summed E-state index contributed by atoms with van der Waals surface area (Å²) in [5.41, 5.74) is 0.513. The summed E-state index contributed by atoms with van der Waals surface area (Å²) in [4.78, 5) is 0. The molecule has 0 radical (unpaired) electrons. The van der Waals surface area contributed by atoms with Crippen LogP contribution in [-0.4, -0.2) is 6.04 Å². The van der Waals surface area contributed by atoms with Crippen molar-refractivity contribution in [2.24, 2.45) is 5.41 Å². The van der Waals surface area contributed by atoms with E-state index in [1.54, 1.807) is 6.26 Å². The molecule has 15 heavy (non-hydrogen) atoms. The largest absolute Gasteiger partial charge is 0.468 e. The highest BCUT2D eigenvalue weighted by atomic mass is 16.3. The van der Waals surface area contributed by atoms with Crippen LogP contribution in [0.5, 0.6) is 0 Å². The normalized spacial score (nSPS) is 25.3. The summed E-state index contributed by atoms with van der Waals surface area (Å²) in [5, 5.41) is 3.59. The number of hydrogen-bond acceptors (Lipinski definition) is 2. The van der Waals surface area contributed by atoms with Gasteiger partial charge in [-0.05, 0) is 36.8 Å². The van der Waals surface area contributed by atoms with Crippen molar-refractivity contribution in [1.29, 1.82) is 0 Å². The first-order chi connectivity index (χ1) is 7.16. The van der Waals surface area contributed by atoms with E-state index in [-0.39, 0.29) is 0 Å². The lowest BCUT2D eigenvalue weighted by Gasteiger charge is -2.35. The fraction of sp³-hybridized carbons (Fsp3) is 0.692. The second-order valence-electron chi connectivity index (χ2n) is 5.42. The molecular formula is C13H21NO. The van der Waals surface area contributed by atoms with Gasteiger partial charge in [0.25, 0.3) is 0 Å². The van der Waals surface area contributed by atoms with E-state index >= 15 is 0 Å². The summed E-state index contributed by atoms with van der Waals surface area (Å²) < 4.78 is 5.31. The molecule has 2 heteroatoms. The Balaban J connectivity index is 1.80. The van der Waals surface area contributed by atoms with Gasteiger partial charge in [0.2, 0.25) is 0 Å². The van der Waals surface area contributed by atoms with Crippen LogP contribution in [-0.2, 0) is 6.54 Å². The summed E-state index contributed by atoms with van der Waals surface area (Å²) in [6.45, 7) is 5.61. The van der Waals surface area contributed by atoms with Crippen molar-refractivity contribution in [3.05, 3.63) is 24.2 Å². The topological polar surface area (TPSA) is 25.2 Å². The predicted molar refractivity (Wildman–Crippen MR) is 61.6 cm³/mol. The van der Waals surface area contributed by atoms with Gasteiger partial charge >= 0.3 is 0 Å². The standard InChI is InChI=1S/C13H21NO/c1-13(2)7-3-5-11(9-13)14-10-12-6-4-8-15-12/h4,6,8,11,14H,3,5,7,9-10H2,1-2H3/t11-/m0/s1. The van der Waals surface area contributed by atoms with Crippen LogP contribution >= 0.6 is 0 Å². The third-order valence-electron chi connectivity index (χ3n) is 3.35. The smallest absolute Gasteiger partial charge is 0.117 e. The average molecular weight is 207 g/mol. The van der Waals surface area contributed by atoms with Crippen LogP contribution in [0.1, 0.15) is 45.3 Å². The zero-order valence-corrected chi connectivity index (χ0v) is 9.75. The van der Waals surface area contributed by atoms with E-state index in [1.165, 1.54) is 25.7 Å². The molecule has 0 amide bonds. The molecule has 1 aliphatic carbocycles. The molecule has 1 fully saturated rings. The zero-order chi connectivity index (χ0) is 10.7. The highest BCUT2D eigenvalue weighted by Gasteiger charge is 2.27. The summed E-state index contributed by atoms with van der Waals surface area (Å²) in [5.74, 6) is 1.04. The number of nitrogens with one attached hydrogen (secondary N) is 1. The minimum atomic E-state index is 0.513. The Hall–Kier alpha value is -0.760. The van der Waals surface area contributed by atoms with Crippen LogP contribution < -0.4 is 5.32 Å². The van der Waals surface area contributed by atoms with E-state index in [9.17, 15) is 0 Å². The lowest BCUT2D eigenvalue weighted by Crippen LogP contribution is -2.36. The Morgan fingerprint density at radius 2 is 2.40 bits per heavy atom. The molecule has 1 aliphatic rings. The average Bonchev–Trinajstić information content (AvgIpc) is 2.65. The summed E-state index contributed by atoms with van der Waals surface area (Å²) in [7, 11) is 0. The maximum atomic E-state index is 5.31. The summed E-state index contributed by atoms with van der Waals surface area (Å²) in [6.07, 6.45) is 7.05. The Morgan fingerprint density at radius 3 is 3.07 bits per heavy atom. The fourth-order valence-electron chi connectivity index (χ4n) is 2.53. The van der Waals surface area contributed by atoms with Crippen molar-refractivity contribution in [2.45, 2.75) is 52.1 Å². The van der Waals surface area contributed by atoms with Crippen LogP contribution in [0, 0.1) is 5.41 Å². The molecule has 84 valence electrons. The Morgan fingerprint density at radius 1 is 1.53 bits per heavy atom. The van der Waals surface area contributed by atoms with Gasteiger partial charge in [-0.3, -0.25) is 0 Å². The van der Waals surface area contributed by atoms with Crippen molar-refractivity contribution in [2.75, 3.05) is 0 Å². The minimum absolute atomic E-state index is 0.513. The Kier molecular flexibility index (Phi) is 3.15. The van der Waals surface area contributed by atoms with Gasteiger partial charge in [-0.25, -0.2) is 0 Å². The lowest BCUT2D eigenvalue weighted by atomic mass is 9.75. The fourth-order valence-corrected chi connectivity index (χ4v) is 2.53. The quantitative estimate of drug-likeness (QED) is 0.822. The van der Waals surface area contributed by atoms with Gasteiger partial charge in [0.05, 0.1) is 12.8 Å². The number of furan rings is 1. The van der Waals surface area contributed by atoms with Crippen LogP contribution in [0.2, 0.25) is 0 Å². The number of hydrogen-bond donors (Lipinski definition) is 1. The Labute approximate surface area is 92.1 Å². The van der Waals surface area contributed by atoms with E-state index in [4.69, 9.17) is 4.42 Å². The second-order valence-corrected chi connectivity index (χ2v) is 5.42. The SMILES string of the molecule is CC1(C)CCC[C@H](NCc2ccco2)C1. The molecular weight excluding hydrogens is 186 g/mol. The minimum Gasteiger partial charge on any atom is -0.468 e. The van der Waals surface area contributed by atoms with Crippen molar-refractivity contribution in [1.82, 2.24) is 5.32 Å². The van der Waals surface area contributed by atoms with Crippen LogP contribution in [0.3, 0.4) is 0 Å². The van der Waals surface area contributed by atoms with E-state index in [0.717, 1.165) is 12.3 Å². The van der Waals surface area contributed by atoms with Gasteiger partial charge in [-0.1, -0.05) is 20.3 Å². The zero-order valence-electron chi connectivity index (χ0n) is 9.75. The highest BCUT2D eigenvalue weighted by molar-refractivity contribution is 4.98. The monoisotopic (exact) mass is 207 g/mol. The first kappa shape index (κ1) is 10.7. The van der Waals surface area contributed by atoms with Crippen LogP contribution in [0.15, 0.2) is 22.8 Å². The predicted octanol–water partition coefficient (Wildman–Crippen LogP) is 3.34. The van der Waals surface area contributed by atoms with E-state index in [2.05, 4.69) is 19.2 Å². The van der Waals surface area contributed by atoms with Gasteiger partial charge in [0.15, 0.2) is 0 Å². The summed E-state index contributed by atoms with van der Waals surface area (Å²) in [6, 6.07) is 4.64. The number of rotatable bonds is 3. The van der Waals surface area contributed by atoms with Gasteiger partial charge in [0, 0.05) is 6.04 Å². The molecule has 1 aromatic heterocycles. The van der Waals surface area contributed by atoms with E-state index in [1.807, 2.05) is 12.1 Å². The molecule has 0 bridgehead atoms. The first-order valence-electron chi connectivity index (χ1n) is 5.91. The molecule has 1 atom stereocenters. The van der Waals surface area contributed by atoms with Crippen molar-refractivity contribution in [3.63, 3.8) is 0 Å². The Bertz CT molecular complexity index is 289. The van der Waals surface area contributed by atoms with Gasteiger partial charge in [0.1, 0.15) is 5.76 Å². The molecule has 1 aromatic rings. The maximum absolute atomic E-state index is 5.31. The van der Waals surface area contributed by atoms with Gasteiger partial charge in [-0.2, -0.15) is 0 Å². The van der Waals surface area contributed by atoms with E-state index in [0.29, 0.717) is 11.5 Å². The van der Waals surface area contributed by atoms with Crippen molar-refractivity contribution in [3.8, 4) is 0 Å². The van der Waals surface area contributed by atoms with Gasteiger partial charge < -0.3 is 9.73 Å². The molecule has 0 saturated heterocycles.